The van der Waals surface area contributed by atoms with E-state index in [9.17, 15) is 0 Å². The third-order valence-electron chi connectivity index (χ3n) is 2.61. The monoisotopic (exact) mass is 174 g/mol. The van der Waals surface area contributed by atoms with Crippen LogP contribution in [0.25, 0.3) is 0 Å². The topological polar surface area (TPSA) is 49.9 Å². The molecule has 13 heavy (non-hydrogen) atoms. The van der Waals surface area contributed by atoms with Gasteiger partial charge in [0.2, 0.25) is 0 Å². The molecule has 2 nitrogen and oxygen atoms in total. The minimum Gasteiger partial charge on any atom is -0.398 e. The van der Waals surface area contributed by atoms with Gasteiger partial charge in [-0.1, -0.05) is 12.1 Å². The van der Waals surface area contributed by atoms with Crippen LogP contribution >= 0.6 is 0 Å². The fourth-order valence-electron chi connectivity index (χ4n) is 1.94. The standard InChI is InChI=1S/C11H14N2/c12-9-6-2-1-4-8-5-3-7-10(13)11(8)9/h3,5,7,12H,1-2,4,6,13H2. The van der Waals surface area contributed by atoms with Gasteiger partial charge in [-0.05, 0) is 37.3 Å². The van der Waals surface area contributed by atoms with Crippen molar-refractivity contribution in [2.24, 2.45) is 0 Å². The maximum Gasteiger partial charge on any atom is 0.0409 e. The van der Waals surface area contributed by atoms with Gasteiger partial charge in [0.15, 0.2) is 0 Å². The highest BCUT2D eigenvalue weighted by Crippen LogP contribution is 2.24. The van der Waals surface area contributed by atoms with Crippen LogP contribution in [-0.4, -0.2) is 5.71 Å². The molecule has 1 aliphatic carbocycles. The summed E-state index contributed by atoms with van der Waals surface area (Å²) in [7, 11) is 0. The van der Waals surface area contributed by atoms with Gasteiger partial charge in [-0.15, -0.1) is 0 Å². The fourth-order valence-corrected chi connectivity index (χ4v) is 1.94. The van der Waals surface area contributed by atoms with E-state index in [1.54, 1.807) is 0 Å². The summed E-state index contributed by atoms with van der Waals surface area (Å²) in [6.07, 6.45) is 4.25. The lowest BCUT2D eigenvalue weighted by atomic mass is 10.00. The lowest BCUT2D eigenvalue weighted by molar-refractivity contribution is 0.775. The molecule has 0 heterocycles. The molecule has 0 aliphatic heterocycles. The van der Waals surface area contributed by atoms with Crippen LogP contribution in [0.4, 0.5) is 5.69 Å². The van der Waals surface area contributed by atoms with Crippen LogP contribution in [0.1, 0.15) is 30.4 Å². The number of fused-ring (bicyclic) bond motifs is 1. The SMILES string of the molecule is N=C1CCCCc2cccc(N)c21. The van der Waals surface area contributed by atoms with E-state index in [4.69, 9.17) is 11.1 Å². The quantitative estimate of drug-likeness (QED) is 0.460. The van der Waals surface area contributed by atoms with Gasteiger partial charge in [0.1, 0.15) is 0 Å². The lowest BCUT2D eigenvalue weighted by Crippen LogP contribution is -2.04. The second-order valence-corrected chi connectivity index (χ2v) is 3.57. The second kappa shape index (κ2) is 3.21. The molecule has 3 N–H and O–H groups in total. The number of nitrogens with one attached hydrogen (secondary N) is 1. The molecule has 0 unspecified atom stereocenters. The Morgan fingerprint density at radius 1 is 1.15 bits per heavy atom. The van der Waals surface area contributed by atoms with Gasteiger partial charge in [0, 0.05) is 17.0 Å². The third kappa shape index (κ3) is 1.44. The zero-order chi connectivity index (χ0) is 9.26. The Labute approximate surface area is 78.3 Å². The van der Waals surface area contributed by atoms with Crippen molar-refractivity contribution in [3.05, 3.63) is 29.3 Å². The van der Waals surface area contributed by atoms with E-state index in [1.165, 1.54) is 12.0 Å². The van der Waals surface area contributed by atoms with Gasteiger partial charge in [0.05, 0.1) is 0 Å². The van der Waals surface area contributed by atoms with E-state index < -0.39 is 0 Å². The Balaban J connectivity index is 2.55. The first-order valence-corrected chi connectivity index (χ1v) is 4.74. The van der Waals surface area contributed by atoms with E-state index in [1.807, 2.05) is 12.1 Å². The number of nitrogen functional groups attached to an aromatic ring is 1. The largest absolute Gasteiger partial charge is 0.398 e. The Hall–Kier alpha value is -1.31. The summed E-state index contributed by atoms with van der Waals surface area (Å²) in [5, 5.41) is 7.87. The van der Waals surface area contributed by atoms with Crippen LogP contribution in [-0.2, 0) is 6.42 Å². The van der Waals surface area contributed by atoms with Gasteiger partial charge >= 0.3 is 0 Å². The summed E-state index contributed by atoms with van der Waals surface area (Å²) < 4.78 is 0. The molecule has 0 amide bonds. The van der Waals surface area contributed by atoms with Crippen molar-refractivity contribution in [1.82, 2.24) is 0 Å². The van der Waals surface area contributed by atoms with E-state index in [2.05, 4.69) is 6.07 Å². The van der Waals surface area contributed by atoms with Crippen molar-refractivity contribution in [1.29, 1.82) is 5.41 Å². The number of anilines is 1. The molecular weight excluding hydrogens is 160 g/mol. The van der Waals surface area contributed by atoms with Gasteiger partial charge in [-0.25, -0.2) is 0 Å². The lowest BCUT2D eigenvalue weighted by Gasteiger charge is -2.08. The molecule has 0 radical (unpaired) electrons. The van der Waals surface area contributed by atoms with Gasteiger partial charge in [0.25, 0.3) is 0 Å². The minimum atomic E-state index is 0.714. The average Bonchev–Trinajstić information content (AvgIpc) is 2.29. The summed E-state index contributed by atoms with van der Waals surface area (Å²) in [5.74, 6) is 0. The van der Waals surface area contributed by atoms with E-state index in [0.717, 1.165) is 30.5 Å². The second-order valence-electron chi connectivity index (χ2n) is 3.57. The summed E-state index contributed by atoms with van der Waals surface area (Å²) in [6.45, 7) is 0. The summed E-state index contributed by atoms with van der Waals surface area (Å²) in [5.41, 5.74) is 9.59. The van der Waals surface area contributed by atoms with Crippen LogP contribution in [0, 0.1) is 5.41 Å². The molecule has 0 saturated heterocycles. The highest BCUT2D eigenvalue weighted by molar-refractivity contribution is 6.04. The molecule has 1 aromatic carbocycles. The molecule has 0 aromatic heterocycles. The molecule has 68 valence electrons. The van der Waals surface area contributed by atoms with Gasteiger partial charge in [-0.2, -0.15) is 0 Å². The smallest absolute Gasteiger partial charge is 0.0409 e. The van der Waals surface area contributed by atoms with Crippen LogP contribution < -0.4 is 5.73 Å². The molecule has 0 atom stereocenters. The molecule has 0 saturated carbocycles. The van der Waals surface area contributed by atoms with Gasteiger partial charge in [-0.3, -0.25) is 0 Å². The maximum atomic E-state index is 7.87. The molecule has 1 aliphatic rings. The molecule has 2 rings (SSSR count). The average molecular weight is 174 g/mol. The van der Waals surface area contributed by atoms with Crippen molar-refractivity contribution >= 4 is 11.4 Å². The Morgan fingerprint density at radius 3 is 2.77 bits per heavy atom. The molecule has 0 fully saturated rings. The predicted molar refractivity (Wildman–Crippen MR) is 55.2 cm³/mol. The fraction of sp³-hybridized carbons (Fsp3) is 0.364. The highest BCUT2D eigenvalue weighted by Gasteiger charge is 2.14. The van der Waals surface area contributed by atoms with E-state index >= 15 is 0 Å². The van der Waals surface area contributed by atoms with E-state index in [-0.39, 0.29) is 0 Å². The van der Waals surface area contributed by atoms with Crippen molar-refractivity contribution in [3.63, 3.8) is 0 Å². The van der Waals surface area contributed by atoms with Crippen LogP contribution in [0.5, 0.6) is 0 Å². The number of hydrogen-bond donors (Lipinski definition) is 2. The van der Waals surface area contributed by atoms with Crippen molar-refractivity contribution < 1.29 is 0 Å². The summed E-state index contributed by atoms with van der Waals surface area (Å²) >= 11 is 0. The first-order valence-electron chi connectivity index (χ1n) is 4.74. The number of nitrogens with two attached hydrogens (primary N) is 1. The van der Waals surface area contributed by atoms with Crippen molar-refractivity contribution in [2.75, 3.05) is 5.73 Å². The summed E-state index contributed by atoms with van der Waals surface area (Å²) in [4.78, 5) is 0. The Bertz CT molecular complexity index is 342. The van der Waals surface area contributed by atoms with Crippen LogP contribution in [0.3, 0.4) is 0 Å². The Kier molecular flexibility index (Phi) is 2.05. The minimum absolute atomic E-state index is 0.714. The molecule has 1 aromatic rings. The Morgan fingerprint density at radius 2 is 1.92 bits per heavy atom. The van der Waals surface area contributed by atoms with Crippen molar-refractivity contribution in [2.45, 2.75) is 25.7 Å². The van der Waals surface area contributed by atoms with E-state index in [0.29, 0.717) is 5.71 Å². The number of rotatable bonds is 0. The first kappa shape index (κ1) is 8.30. The number of hydrogen-bond acceptors (Lipinski definition) is 2. The predicted octanol–water partition coefficient (Wildman–Crippen LogP) is 2.36. The van der Waals surface area contributed by atoms with Crippen LogP contribution in [0.15, 0.2) is 18.2 Å². The highest BCUT2D eigenvalue weighted by atomic mass is 14.6. The zero-order valence-corrected chi connectivity index (χ0v) is 7.64. The maximum absolute atomic E-state index is 7.87. The summed E-state index contributed by atoms with van der Waals surface area (Å²) in [6, 6.07) is 5.96. The van der Waals surface area contributed by atoms with Crippen LogP contribution in [0.2, 0.25) is 0 Å². The number of benzene rings is 1. The molecule has 0 spiro atoms. The third-order valence-corrected chi connectivity index (χ3v) is 2.61. The normalized spacial score (nSPS) is 16.5. The van der Waals surface area contributed by atoms with Crippen molar-refractivity contribution in [3.8, 4) is 0 Å². The first-order chi connectivity index (χ1) is 6.29. The number of aryl methyl sites for hydroxylation is 1. The molecule has 2 heteroatoms. The van der Waals surface area contributed by atoms with Gasteiger partial charge < -0.3 is 11.1 Å². The molecular formula is C11H14N2. The zero-order valence-electron chi connectivity index (χ0n) is 7.64. The molecule has 0 bridgehead atoms.